The Balaban J connectivity index is 0.000000229. The van der Waals surface area contributed by atoms with Gasteiger partial charge >= 0.3 is 0 Å². The number of rotatable bonds is 4. The van der Waals surface area contributed by atoms with E-state index in [1.807, 2.05) is 49.6 Å². The summed E-state index contributed by atoms with van der Waals surface area (Å²) in [6, 6.07) is 48.8. The molecule has 0 amide bonds. The predicted molar refractivity (Wildman–Crippen MR) is 214 cm³/mol. The second kappa shape index (κ2) is 15.1. The zero-order valence-electron chi connectivity index (χ0n) is 30.3. The van der Waals surface area contributed by atoms with Crippen LogP contribution in [0.3, 0.4) is 0 Å². The van der Waals surface area contributed by atoms with Crippen molar-refractivity contribution in [3.63, 3.8) is 0 Å². The summed E-state index contributed by atoms with van der Waals surface area (Å²) < 4.78 is 6.21. The third-order valence-electron chi connectivity index (χ3n) is 9.67. The van der Waals surface area contributed by atoms with Gasteiger partial charge < -0.3 is 14.4 Å². The summed E-state index contributed by atoms with van der Waals surface area (Å²) in [5.41, 5.74) is 15.8. The Morgan fingerprint density at radius 3 is 2.23 bits per heavy atom. The molecular formula is C48H37IrN3O-2. The van der Waals surface area contributed by atoms with Crippen molar-refractivity contribution in [2.24, 2.45) is 0 Å². The minimum Gasteiger partial charge on any atom is -0.486 e. The van der Waals surface area contributed by atoms with Crippen LogP contribution in [0.2, 0.25) is 0 Å². The Morgan fingerprint density at radius 1 is 0.585 bits per heavy atom. The van der Waals surface area contributed by atoms with E-state index >= 15 is 0 Å². The molecule has 0 spiro atoms. The van der Waals surface area contributed by atoms with Gasteiger partial charge in [-0.25, -0.2) is 4.98 Å². The SMILES string of the molecule is Cc1c[c-]c(-c2cc(C)c(C)cn2)cc1.Cc1ccc2c(n1)oc1c(-c3cc(-c4cc5ccc(-c6ccccc6)cc5cc4C)ccn3)[c-]ccc12.[Ir]. The number of furan rings is 1. The second-order valence-corrected chi connectivity index (χ2v) is 13.5. The number of aromatic nitrogens is 3. The molecule has 0 bridgehead atoms. The van der Waals surface area contributed by atoms with E-state index in [9.17, 15) is 0 Å². The molecule has 5 aromatic carbocycles. The molecule has 0 aliphatic rings. The zero-order chi connectivity index (χ0) is 35.8. The molecule has 0 fully saturated rings. The van der Waals surface area contributed by atoms with Gasteiger partial charge in [0, 0.05) is 43.6 Å². The monoisotopic (exact) mass is 864 g/mol. The number of hydrogen-bond acceptors (Lipinski definition) is 4. The maximum atomic E-state index is 6.21. The van der Waals surface area contributed by atoms with E-state index in [-0.39, 0.29) is 20.1 Å². The second-order valence-electron chi connectivity index (χ2n) is 13.5. The van der Waals surface area contributed by atoms with Crippen molar-refractivity contribution in [2.75, 3.05) is 0 Å². The first-order valence-corrected chi connectivity index (χ1v) is 17.5. The van der Waals surface area contributed by atoms with Crippen molar-refractivity contribution < 1.29 is 24.5 Å². The summed E-state index contributed by atoms with van der Waals surface area (Å²) in [6.45, 7) is 10.4. The third kappa shape index (κ3) is 7.32. The summed E-state index contributed by atoms with van der Waals surface area (Å²) in [5.74, 6) is 0. The molecule has 1 radical (unpaired) electrons. The summed E-state index contributed by atoms with van der Waals surface area (Å²) in [5, 5.41) is 4.48. The Hall–Kier alpha value is -5.74. The molecule has 0 N–H and O–H groups in total. The van der Waals surface area contributed by atoms with Crippen molar-refractivity contribution in [3.05, 3.63) is 174 Å². The summed E-state index contributed by atoms with van der Waals surface area (Å²) in [6.07, 6.45) is 3.78. The van der Waals surface area contributed by atoms with E-state index < -0.39 is 0 Å². The fourth-order valence-corrected chi connectivity index (χ4v) is 6.61. The smallest absolute Gasteiger partial charge is 0.216 e. The van der Waals surface area contributed by atoms with Crippen molar-refractivity contribution >= 4 is 32.8 Å². The van der Waals surface area contributed by atoms with E-state index in [2.05, 4.69) is 141 Å². The average molecular weight is 864 g/mol. The van der Waals surface area contributed by atoms with Crippen molar-refractivity contribution in [1.82, 2.24) is 15.0 Å². The fourth-order valence-electron chi connectivity index (χ4n) is 6.61. The van der Waals surface area contributed by atoms with Crippen molar-refractivity contribution in [2.45, 2.75) is 34.6 Å². The van der Waals surface area contributed by atoms with Gasteiger partial charge in [0.2, 0.25) is 5.71 Å². The van der Waals surface area contributed by atoms with Gasteiger partial charge in [0.25, 0.3) is 0 Å². The Bertz CT molecular complexity index is 2730. The molecule has 261 valence electrons. The summed E-state index contributed by atoms with van der Waals surface area (Å²) in [7, 11) is 0. The van der Waals surface area contributed by atoms with Crippen LogP contribution in [0.1, 0.15) is 27.9 Å². The van der Waals surface area contributed by atoms with Gasteiger partial charge in [0.1, 0.15) is 0 Å². The van der Waals surface area contributed by atoms with E-state index in [4.69, 9.17) is 9.40 Å². The van der Waals surface area contributed by atoms with Crippen molar-refractivity contribution in [1.29, 1.82) is 0 Å². The number of fused-ring (bicyclic) bond motifs is 4. The van der Waals surface area contributed by atoms with E-state index in [1.165, 1.54) is 49.7 Å². The van der Waals surface area contributed by atoms with Crippen LogP contribution >= 0.6 is 0 Å². The van der Waals surface area contributed by atoms with E-state index in [0.717, 1.165) is 50.1 Å². The average Bonchev–Trinajstić information content (AvgIpc) is 3.54. The van der Waals surface area contributed by atoms with Crippen LogP contribution in [-0.4, -0.2) is 15.0 Å². The molecule has 0 unspecified atom stereocenters. The number of aryl methyl sites for hydroxylation is 5. The molecule has 9 rings (SSSR count). The molecule has 0 atom stereocenters. The predicted octanol–water partition coefficient (Wildman–Crippen LogP) is 12.4. The van der Waals surface area contributed by atoms with Crippen molar-refractivity contribution in [3.8, 4) is 44.8 Å². The molecule has 4 nitrogen and oxygen atoms in total. The van der Waals surface area contributed by atoms with Crippen LogP contribution < -0.4 is 0 Å². The Morgan fingerprint density at radius 2 is 1.43 bits per heavy atom. The normalized spacial score (nSPS) is 11.0. The van der Waals surface area contributed by atoms with Gasteiger partial charge in [0.15, 0.2) is 0 Å². The van der Waals surface area contributed by atoms with Gasteiger partial charge in [-0.3, -0.25) is 0 Å². The van der Waals surface area contributed by atoms with Crippen LogP contribution in [0.25, 0.3) is 77.6 Å². The number of benzene rings is 5. The molecule has 4 aromatic heterocycles. The minimum absolute atomic E-state index is 0. The van der Waals surface area contributed by atoms with Crippen LogP contribution in [0, 0.1) is 46.8 Å². The minimum atomic E-state index is 0. The number of hydrogen-bond donors (Lipinski definition) is 0. The summed E-state index contributed by atoms with van der Waals surface area (Å²) >= 11 is 0. The molecule has 5 heteroatoms. The quantitative estimate of drug-likeness (QED) is 0.165. The van der Waals surface area contributed by atoms with E-state index in [1.54, 1.807) is 0 Å². The Labute approximate surface area is 324 Å². The molecule has 9 aromatic rings. The third-order valence-corrected chi connectivity index (χ3v) is 9.67. The zero-order valence-corrected chi connectivity index (χ0v) is 32.7. The van der Waals surface area contributed by atoms with Crippen LogP contribution in [0.4, 0.5) is 0 Å². The fraction of sp³-hybridized carbons (Fsp3) is 0.104. The Kier molecular flexibility index (Phi) is 10.1. The standard InChI is InChI=1S/C34H23N2O.C14H14N.Ir/c1-21-17-27-18-24(23-7-4-3-5-8-23)12-13-25(27)19-31(21)26-15-16-35-32(20-26)30-10-6-9-28-29-14-11-22(2)36-34(29)37-33(28)30;1-10-4-6-13(7-5-10)14-8-11(2)12(3)9-15-14;/h3-9,11-20H,1-2H3;4-6,8-9H,1-3H3;/q2*-1;. The van der Waals surface area contributed by atoms with Gasteiger partial charge in [0.05, 0.1) is 5.58 Å². The molecular weight excluding hydrogens is 827 g/mol. The molecule has 53 heavy (non-hydrogen) atoms. The molecule has 0 aliphatic carbocycles. The molecule has 0 aliphatic heterocycles. The van der Waals surface area contributed by atoms with Gasteiger partial charge in [-0.05, 0) is 114 Å². The maximum absolute atomic E-state index is 6.21. The molecule has 0 saturated carbocycles. The number of pyridine rings is 3. The largest absolute Gasteiger partial charge is 0.486 e. The summed E-state index contributed by atoms with van der Waals surface area (Å²) in [4.78, 5) is 13.7. The van der Waals surface area contributed by atoms with E-state index in [0.29, 0.717) is 5.71 Å². The van der Waals surface area contributed by atoms with Crippen LogP contribution in [0.5, 0.6) is 0 Å². The molecule has 4 heterocycles. The van der Waals surface area contributed by atoms with Gasteiger partial charge in [-0.1, -0.05) is 84.1 Å². The first-order chi connectivity index (χ1) is 25.3. The number of nitrogens with zero attached hydrogens (tertiary/aromatic N) is 3. The maximum Gasteiger partial charge on any atom is 0.216 e. The first-order valence-electron chi connectivity index (χ1n) is 17.5. The van der Waals surface area contributed by atoms with Crippen LogP contribution in [-0.2, 0) is 20.1 Å². The topological polar surface area (TPSA) is 51.8 Å². The van der Waals surface area contributed by atoms with Crippen LogP contribution in [0.15, 0.2) is 138 Å². The van der Waals surface area contributed by atoms with Gasteiger partial charge in [-0.2, -0.15) is 0 Å². The van der Waals surface area contributed by atoms with Gasteiger partial charge in [-0.15, -0.1) is 53.6 Å². The molecule has 0 saturated heterocycles. The first kappa shape index (κ1) is 35.7.